The van der Waals surface area contributed by atoms with Crippen LogP contribution in [0, 0.1) is 5.92 Å². The molecule has 4 nitrogen and oxygen atoms in total. The Morgan fingerprint density at radius 3 is 2.74 bits per heavy atom. The number of hydrogen-bond acceptors (Lipinski definition) is 4. The topological polar surface area (TPSA) is 40.2 Å². The van der Waals surface area contributed by atoms with E-state index in [2.05, 4.69) is 15.6 Å². The molecule has 23 heavy (non-hydrogen) atoms. The predicted octanol–water partition coefficient (Wildman–Crippen LogP) is 3.75. The van der Waals surface area contributed by atoms with Crippen LogP contribution >= 0.6 is 0 Å². The van der Waals surface area contributed by atoms with Crippen molar-refractivity contribution in [2.45, 2.75) is 12.7 Å². The van der Waals surface area contributed by atoms with Crippen LogP contribution in [0.2, 0.25) is 0 Å². The summed E-state index contributed by atoms with van der Waals surface area (Å²) >= 11 is 0. The molecule has 2 N–H and O–H groups in total. The van der Waals surface area contributed by atoms with Crippen LogP contribution in [-0.2, 0) is 6.54 Å². The second-order valence-electron chi connectivity index (χ2n) is 5.86. The van der Waals surface area contributed by atoms with Crippen LogP contribution in [0.15, 0.2) is 36.5 Å². The van der Waals surface area contributed by atoms with Gasteiger partial charge in [0.25, 0.3) is 0 Å². The van der Waals surface area contributed by atoms with Gasteiger partial charge >= 0.3 is 6.18 Å². The minimum atomic E-state index is -4.10. The molecule has 0 spiro atoms. The molecule has 1 saturated heterocycles. The molecule has 4 rings (SSSR count). The fourth-order valence-corrected chi connectivity index (χ4v) is 2.89. The lowest BCUT2D eigenvalue weighted by Gasteiger charge is -2.42. The number of pyridine rings is 1. The second-order valence-corrected chi connectivity index (χ2v) is 5.86. The number of nitrogens with zero attached hydrogens (tertiary/aromatic N) is 2. The number of rotatable bonds is 1. The molecule has 0 bridgehead atoms. The Hall–Kier alpha value is -2.44. The third kappa shape index (κ3) is 2.56. The van der Waals surface area contributed by atoms with Crippen LogP contribution in [0.1, 0.15) is 5.56 Å². The zero-order valence-electron chi connectivity index (χ0n) is 12.2. The zero-order chi connectivity index (χ0) is 16.0. The first-order valence-corrected chi connectivity index (χ1v) is 7.41. The molecule has 0 atom stereocenters. The number of benzene rings is 1. The van der Waals surface area contributed by atoms with E-state index in [9.17, 15) is 13.2 Å². The van der Waals surface area contributed by atoms with Gasteiger partial charge in [0.15, 0.2) is 0 Å². The number of nitrogens with one attached hydrogen (secondary N) is 2. The van der Waals surface area contributed by atoms with E-state index in [1.165, 1.54) is 0 Å². The van der Waals surface area contributed by atoms with E-state index >= 15 is 0 Å². The Kier molecular flexibility index (Phi) is 3.11. The molecule has 1 aromatic carbocycles. The van der Waals surface area contributed by atoms with Crippen molar-refractivity contribution in [3.63, 3.8) is 0 Å². The summed E-state index contributed by atoms with van der Waals surface area (Å²) in [6.45, 7) is 0.673. The second kappa shape index (κ2) is 5.04. The summed E-state index contributed by atoms with van der Waals surface area (Å²) in [6.07, 6.45) is -2.38. The first-order chi connectivity index (χ1) is 11.0. The van der Waals surface area contributed by atoms with Crippen LogP contribution in [-0.4, -0.2) is 24.2 Å². The largest absolute Gasteiger partial charge is 0.395 e. The molecule has 0 aliphatic carbocycles. The van der Waals surface area contributed by atoms with E-state index in [-0.39, 0.29) is 13.1 Å². The van der Waals surface area contributed by atoms with E-state index in [0.717, 1.165) is 28.4 Å². The average molecular weight is 320 g/mol. The highest BCUT2D eigenvalue weighted by molar-refractivity contribution is 5.80. The summed E-state index contributed by atoms with van der Waals surface area (Å²) in [4.78, 5) is 6.06. The number of halogens is 3. The molecule has 1 aromatic heterocycles. The van der Waals surface area contributed by atoms with Crippen molar-refractivity contribution in [2.75, 3.05) is 28.6 Å². The Bertz CT molecular complexity index is 738. The summed E-state index contributed by atoms with van der Waals surface area (Å²) in [5, 5.41) is 6.58. The van der Waals surface area contributed by atoms with E-state index in [1.807, 2.05) is 30.3 Å². The van der Waals surface area contributed by atoms with Crippen LogP contribution in [0.3, 0.4) is 0 Å². The number of alkyl halides is 3. The zero-order valence-corrected chi connectivity index (χ0v) is 12.2. The lowest BCUT2D eigenvalue weighted by atomic mass is 9.98. The Labute approximate surface area is 131 Å². The maximum Gasteiger partial charge on any atom is 0.395 e. The summed E-state index contributed by atoms with van der Waals surface area (Å²) in [5.41, 5.74) is 3.60. The standard InChI is InChI=1S/C16H15F3N4/c17-16(18,19)11-8-23(9-11)12-3-4-13-14(6-12)21-7-10-2-1-5-20-15(10)22-13/h1-6,11,21H,7-9H2,(H,20,22). The van der Waals surface area contributed by atoms with Crippen LogP contribution in [0.4, 0.5) is 36.1 Å². The van der Waals surface area contributed by atoms with Gasteiger partial charge < -0.3 is 15.5 Å². The Balaban J connectivity index is 1.54. The van der Waals surface area contributed by atoms with Crippen molar-refractivity contribution >= 4 is 22.9 Å². The molecule has 2 aromatic rings. The molecular formula is C16H15F3N4. The lowest BCUT2D eigenvalue weighted by molar-refractivity contribution is -0.180. The SMILES string of the molecule is FC(F)(F)C1CN(c2ccc3c(c2)NCc2cccnc2N3)C1. The van der Waals surface area contributed by atoms with E-state index in [1.54, 1.807) is 11.1 Å². The van der Waals surface area contributed by atoms with Crippen molar-refractivity contribution in [3.8, 4) is 0 Å². The summed E-state index contributed by atoms with van der Waals surface area (Å²) < 4.78 is 37.8. The van der Waals surface area contributed by atoms with Crippen molar-refractivity contribution in [2.24, 2.45) is 5.92 Å². The van der Waals surface area contributed by atoms with Gasteiger partial charge in [0.2, 0.25) is 0 Å². The summed E-state index contributed by atoms with van der Waals surface area (Å²) in [7, 11) is 0. The molecule has 0 amide bonds. The van der Waals surface area contributed by atoms with Crippen molar-refractivity contribution in [3.05, 3.63) is 42.1 Å². The molecule has 0 unspecified atom stereocenters. The summed E-state index contributed by atoms with van der Waals surface area (Å²) in [5.74, 6) is -0.423. The van der Waals surface area contributed by atoms with Crippen LogP contribution < -0.4 is 15.5 Å². The number of anilines is 4. The van der Waals surface area contributed by atoms with Gasteiger partial charge in [-0.1, -0.05) is 6.07 Å². The molecule has 3 heterocycles. The number of fused-ring (bicyclic) bond motifs is 2. The van der Waals surface area contributed by atoms with E-state index in [0.29, 0.717) is 6.54 Å². The van der Waals surface area contributed by atoms with E-state index in [4.69, 9.17) is 0 Å². The smallest absolute Gasteiger partial charge is 0.379 e. The minimum Gasteiger partial charge on any atom is -0.379 e. The molecule has 0 saturated carbocycles. The first-order valence-electron chi connectivity index (χ1n) is 7.41. The number of hydrogen-bond donors (Lipinski definition) is 2. The Morgan fingerprint density at radius 2 is 1.96 bits per heavy atom. The fraction of sp³-hybridized carbons (Fsp3) is 0.312. The highest BCUT2D eigenvalue weighted by Gasteiger charge is 2.47. The van der Waals surface area contributed by atoms with Gasteiger partial charge in [-0.2, -0.15) is 13.2 Å². The van der Waals surface area contributed by atoms with Crippen molar-refractivity contribution < 1.29 is 13.2 Å². The fourth-order valence-electron chi connectivity index (χ4n) is 2.89. The van der Waals surface area contributed by atoms with Gasteiger partial charge in [0, 0.05) is 37.1 Å². The van der Waals surface area contributed by atoms with Crippen LogP contribution in [0.5, 0.6) is 0 Å². The predicted molar refractivity (Wildman–Crippen MR) is 83.0 cm³/mol. The molecule has 120 valence electrons. The maximum atomic E-state index is 12.6. The van der Waals surface area contributed by atoms with Gasteiger partial charge in [-0.05, 0) is 24.3 Å². The number of aromatic nitrogens is 1. The lowest BCUT2D eigenvalue weighted by Crippen LogP contribution is -2.53. The van der Waals surface area contributed by atoms with Crippen molar-refractivity contribution in [1.82, 2.24) is 4.98 Å². The van der Waals surface area contributed by atoms with Crippen molar-refractivity contribution in [1.29, 1.82) is 0 Å². The van der Waals surface area contributed by atoms with Gasteiger partial charge in [0.05, 0.1) is 17.3 Å². The first kappa shape index (κ1) is 14.2. The third-order valence-corrected chi connectivity index (χ3v) is 4.33. The normalized spacial score (nSPS) is 17.3. The molecular weight excluding hydrogens is 305 g/mol. The molecule has 7 heteroatoms. The highest BCUT2D eigenvalue weighted by atomic mass is 19.4. The van der Waals surface area contributed by atoms with Gasteiger partial charge in [-0.25, -0.2) is 4.98 Å². The van der Waals surface area contributed by atoms with Crippen LogP contribution in [0.25, 0.3) is 0 Å². The quantitative estimate of drug-likeness (QED) is 0.839. The molecule has 0 radical (unpaired) electrons. The molecule has 2 aliphatic rings. The maximum absolute atomic E-state index is 12.6. The van der Waals surface area contributed by atoms with Gasteiger partial charge in [-0.15, -0.1) is 0 Å². The Morgan fingerprint density at radius 1 is 1.13 bits per heavy atom. The average Bonchev–Trinajstić information content (AvgIpc) is 2.63. The van der Waals surface area contributed by atoms with Gasteiger partial charge in [0.1, 0.15) is 5.82 Å². The molecule has 1 fully saturated rings. The monoisotopic (exact) mass is 320 g/mol. The molecule has 2 aliphatic heterocycles. The highest BCUT2D eigenvalue weighted by Crippen LogP contribution is 2.39. The van der Waals surface area contributed by atoms with Gasteiger partial charge in [-0.3, -0.25) is 0 Å². The summed E-state index contributed by atoms with van der Waals surface area (Å²) in [6, 6.07) is 9.47. The third-order valence-electron chi connectivity index (χ3n) is 4.33. The van der Waals surface area contributed by atoms with E-state index < -0.39 is 12.1 Å². The minimum absolute atomic E-state index is 0.0253.